The van der Waals surface area contributed by atoms with E-state index in [0.717, 1.165) is 12.0 Å². The van der Waals surface area contributed by atoms with Crippen LogP contribution in [0, 0.1) is 11.6 Å². The first kappa shape index (κ1) is 26.9. The van der Waals surface area contributed by atoms with Crippen LogP contribution in [0.1, 0.15) is 55.7 Å². The molecular formula is C31H27F2N3O4. The van der Waals surface area contributed by atoms with Crippen molar-refractivity contribution in [3.63, 3.8) is 0 Å². The lowest BCUT2D eigenvalue weighted by Gasteiger charge is -2.14. The van der Waals surface area contributed by atoms with Crippen molar-refractivity contribution >= 4 is 16.9 Å². The van der Waals surface area contributed by atoms with Gasteiger partial charge in [-0.2, -0.15) is 0 Å². The molecule has 2 heterocycles. The summed E-state index contributed by atoms with van der Waals surface area (Å²) in [5.74, 6) is -0.613. The molecule has 0 saturated heterocycles. The molecule has 0 bridgehead atoms. The molecule has 0 aliphatic carbocycles. The Kier molecular flexibility index (Phi) is 7.82. The quantitative estimate of drug-likeness (QED) is 0.198. The molecule has 1 unspecified atom stereocenters. The Morgan fingerprint density at radius 3 is 2.35 bits per heavy atom. The van der Waals surface area contributed by atoms with E-state index in [0.29, 0.717) is 58.7 Å². The molecule has 5 rings (SSSR count). The van der Waals surface area contributed by atoms with Crippen LogP contribution in [0.5, 0.6) is 0 Å². The molecule has 1 atom stereocenters. The molecule has 5 aromatic rings. The lowest BCUT2D eigenvalue weighted by atomic mass is 9.93. The Labute approximate surface area is 228 Å². The second-order valence-corrected chi connectivity index (χ2v) is 9.60. The first-order chi connectivity index (χ1) is 19.3. The van der Waals surface area contributed by atoms with Crippen LogP contribution in [0.4, 0.5) is 8.78 Å². The highest BCUT2D eigenvalue weighted by Crippen LogP contribution is 2.32. The van der Waals surface area contributed by atoms with Crippen molar-refractivity contribution in [3.8, 4) is 16.9 Å². The minimum Gasteiger partial charge on any atom is -0.481 e. The summed E-state index contributed by atoms with van der Waals surface area (Å²) in [5.41, 5.74) is 2.83. The number of carbonyl (C=O) groups is 1. The Balaban J connectivity index is 1.52. The fourth-order valence-corrected chi connectivity index (χ4v) is 4.86. The summed E-state index contributed by atoms with van der Waals surface area (Å²) in [6.45, 7) is 2.01. The highest BCUT2D eigenvalue weighted by atomic mass is 19.1. The van der Waals surface area contributed by atoms with E-state index in [-0.39, 0.29) is 23.7 Å². The van der Waals surface area contributed by atoms with Gasteiger partial charge in [-0.15, -0.1) is 0 Å². The largest absolute Gasteiger partial charge is 0.481 e. The highest BCUT2D eigenvalue weighted by Gasteiger charge is 2.20. The van der Waals surface area contributed by atoms with Crippen molar-refractivity contribution in [2.75, 3.05) is 0 Å². The third-order valence-electron chi connectivity index (χ3n) is 6.91. The van der Waals surface area contributed by atoms with Gasteiger partial charge in [-0.25, -0.2) is 13.8 Å². The Bertz CT molecular complexity index is 1710. The lowest BCUT2D eigenvalue weighted by molar-refractivity contribution is -0.137. The number of hydrogen-bond acceptors (Lipinski definition) is 5. The van der Waals surface area contributed by atoms with Gasteiger partial charge in [-0.1, -0.05) is 30.3 Å². The van der Waals surface area contributed by atoms with Crippen molar-refractivity contribution in [1.82, 2.24) is 14.7 Å². The Morgan fingerprint density at radius 2 is 1.68 bits per heavy atom. The third kappa shape index (κ3) is 5.68. The van der Waals surface area contributed by atoms with Crippen molar-refractivity contribution in [3.05, 3.63) is 112 Å². The zero-order chi connectivity index (χ0) is 28.2. The monoisotopic (exact) mass is 543 g/mol. The molecule has 9 heteroatoms. The molecule has 0 saturated carbocycles. The van der Waals surface area contributed by atoms with E-state index in [1.54, 1.807) is 30.3 Å². The van der Waals surface area contributed by atoms with E-state index in [1.165, 1.54) is 41.0 Å². The maximum Gasteiger partial charge on any atom is 0.303 e. The molecule has 0 fully saturated rings. The smallest absolute Gasteiger partial charge is 0.303 e. The SMILES string of the molecule is CCC(c1ccc(F)cc1)c1cc(-c2ccc3c(=O)n(-c4ccc(F)cc4)c(CCCCC(=O)O)nc3c2)no1. The molecule has 2 aromatic heterocycles. The summed E-state index contributed by atoms with van der Waals surface area (Å²) in [4.78, 5) is 29.3. The molecule has 0 aliphatic heterocycles. The maximum atomic E-state index is 13.6. The molecule has 0 amide bonds. The molecule has 3 aromatic carbocycles. The molecule has 204 valence electrons. The van der Waals surface area contributed by atoms with Gasteiger partial charge in [-0.05, 0) is 73.4 Å². The minimum atomic E-state index is -0.885. The number of carboxylic acid groups (broad SMARTS) is 1. The average Bonchev–Trinajstić information content (AvgIpc) is 3.43. The Morgan fingerprint density at radius 1 is 0.975 bits per heavy atom. The van der Waals surface area contributed by atoms with Crippen LogP contribution in [0.25, 0.3) is 27.8 Å². The summed E-state index contributed by atoms with van der Waals surface area (Å²) < 4.78 is 34.1. The number of carboxylic acids is 1. The second kappa shape index (κ2) is 11.6. The van der Waals surface area contributed by atoms with Crippen molar-refractivity contribution in [2.24, 2.45) is 0 Å². The van der Waals surface area contributed by atoms with Gasteiger partial charge in [0.1, 0.15) is 28.9 Å². The number of unbranched alkanes of at least 4 members (excludes halogenated alkanes) is 1. The number of benzene rings is 3. The van der Waals surface area contributed by atoms with E-state index in [9.17, 15) is 18.4 Å². The maximum absolute atomic E-state index is 13.6. The summed E-state index contributed by atoms with van der Waals surface area (Å²) >= 11 is 0. The predicted octanol–water partition coefficient (Wildman–Crippen LogP) is 6.66. The van der Waals surface area contributed by atoms with E-state index >= 15 is 0 Å². The van der Waals surface area contributed by atoms with Crippen LogP contribution < -0.4 is 5.56 Å². The molecule has 0 aliphatic rings. The summed E-state index contributed by atoms with van der Waals surface area (Å²) in [6.07, 6.45) is 2.06. The molecule has 40 heavy (non-hydrogen) atoms. The first-order valence-corrected chi connectivity index (χ1v) is 13.1. The van der Waals surface area contributed by atoms with Crippen molar-refractivity contribution in [1.29, 1.82) is 0 Å². The zero-order valence-corrected chi connectivity index (χ0v) is 21.8. The first-order valence-electron chi connectivity index (χ1n) is 13.1. The van der Waals surface area contributed by atoms with Gasteiger partial charge in [0.15, 0.2) is 0 Å². The van der Waals surface area contributed by atoms with E-state index in [4.69, 9.17) is 14.6 Å². The van der Waals surface area contributed by atoms with E-state index in [1.807, 2.05) is 13.0 Å². The van der Waals surface area contributed by atoms with Crippen LogP contribution >= 0.6 is 0 Å². The van der Waals surface area contributed by atoms with Crippen LogP contribution in [0.3, 0.4) is 0 Å². The number of aryl methyl sites for hydroxylation is 1. The van der Waals surface area contributed by atoms with Crippen molar-refractivity contribution in [2.45, 2.75) is 44.9 Å². The fraction of sp³-hybridized carbons (Fsp3) is 0.226. The predicted molar refractivity (Wildman–Crippen MR) is 147 cm³/mol. The molecular weight excluding hydrogens is 516 g/mol. The summed E-state index contributed by atoms with van der Waals surface area (Å²) in [6, 6.07) is 19.0. The lowest BCUT2D eigenvalue weighted by Crippen LogP contribution is -2.24. The molecule has 7 nitrogen and oxygen atoms in total. The normalized spacial score (nSPS) is 12.1. The average molecular weight is 544 g/mol. The Hall–Kier alpha value is -4.66. The molecule has 0 radical (unpaired) electrons. The number of nitrogens with zero attached hydrogens (tertiary/aromatic N) is 3. The van der Waals surface area contributed by atoms with Crippen LogP contribution in [0.2, 0.25) is 0 Å². The molecule has 1 N–H and O–H groups in total. The van der Waals surface area contributed by atoms with Gasteiger partial charge in [0.25, 0.3) is 5.56 Å². The van der Waals surface area contributed by atoms with Crippen molar-refractivity contribution < 1.29 is 23.2 Å². The topological polar surface area (TPSA) is 98.2 Å². The van der Waals surface area contributed by atoms with Gasteiger partial charge >= 0.3 is 5.97 Å². The van der Waals surface area contributed by atoms with Gasteiger partial charge < -0.3 is 9.63 Å². The van der Waals surface area contributed by atoms with Gasteiger partial charge in [0, 0.05) is 30.4 Å². The van der Waals surface area contributed by atoms with Crippen LogP contribution in [0.15, 0.2) is 82.1 Å². The number of hydrogen-bond donors (Lipinski definition) is 1. The summed E-state index contributed by atoms with van der Waals surface area (Å²) in [5, 5.41) is 13.6. The van der Waals surface area contributed by atoms with Gasteiger partial charge in [0.05, 0.1) is 16.6 Å². The molecule has 0 spiro atoms. The number of aromatic nitrogens is 3. The number of halogens is 2. The van der Waals surface area contributed by atoms with Gasteiger partial charge in [-0.3, -0.25) is 14.2 Å². The second-order valence-electron chi connectivity index (χ2n) is 9.60. The fourth-order valence-electron chi connectivity index (χ4n) is 4.86. The van der Waals surface area contributed by atoms with Crippen LogP contribution in [-0.2, 0) is 11.2 Å². The summed E-state index contributed by atoms with van der Waals surface area (Å²) in [7, 11) is 0. The number of fused-ring (bicyclic) bond motifs is 1. The minimum absolute atomic E-state index is 0.0175. The number of rotatable bonds is 10. The zero-order valence-electron chi connectivity index (χ0n) is 21.8. The standard InChI is InChI=1S/C31H27F2N3O4/c1-2-24(19-7-10-21(32)11-8-19)28-18-26(35-40-28)20-9-16-25-27(17-20)34-29(5-3-4-6-30(37)38)36(31(25)39)23-14-12-22(33)13-15-23/h7-18,24H,2-6H2,1H3,(H,37,38). The van der Waals surface area contributed by atoms with E-state index < -0.39 is 11.8 Å². The van der Waals surface area contributed by atoms with E-state index in [2.05, 4.69) is 5.16 Å². The van der Waals surface area contributed by atoms with Crippen LogP contribution in [-0.4, -0.2) is 25.8 Å². The number of aliphatic carboxylic acids is 1. The third-order valence-corrected chi connectivity index (χ3v) is 6.91. The van der Waals surface area contributed by atoms with Gasteiger partial charge in [0.2, 0.25) is 0 Å². The highest BCUT2D eigenvalue weighted by molar-refractivity contribution is 5.83.